The monoisotopic (exact) mass is 346 g/mol. The lowest BCUT2D eigenvalue weighted by Crippen LogP contribution is -2.37. The Morgan fingerprint density at radius 1 is 1.05 bits per heavy atom. The van der Waals surface area contributed by atoms with Gasteiger partial charge < -0.3 is 9.47 Å². The van der Waals surface area contributed by atoms with E-state index in [1.54, 1.807) is 14.2 Å². The minimum Gasteiger partial charge on any atom is -0.483 e. The molecule has 0 aliphatic carbocycles. The van der Waals surface area contributed by atoms with Crippen LogP contribution in [0.25, 0.3) is 0 Å². The van der Waals surface area contributed by atoms with Crippen LogP contribution in [0.2, 0.25) is 0 Å². The van der Waals surface area contributed by atoms with E-state index in [4.69, 9.17) is 14.5 Å². The second-order valence-electron chi connectivity index (χ2n) is 5.71. The van der Waals surface area contributed by atoms with E-state index in [1.165, 1.54) is 6.42 Å². The van der Waals surface area contributed by atoms with Crippen molar-refractivity contribution in [3.05, 3.63) is 0 Å². The fraction of sp³-hybridized carbons (Fsp3) is 0.867. The average molecular weight is 347 g/mol. The highest BCUT2D eigenvalue weighted by molar-refractivity contribution is 9.09. The molecule has 1 aliphatic heterocycles. The molecule has 0 aromatic carbocycles. The molecule has 1 unspecified atom stereocenters. The molecule has 4 nitrogen and oxygen atoms in total. The number of halogens is 1. The lowest BCUT2D eigenvalue weighted by Gasteiger charge is -2.27. The summed E-state index contributed by atoms with van der Waals surface area (Å²) >= 11 is 3.49. The van der Waals surface area contributed by atoms with Gasteiger partial charge in [0.15, 0.2) is 0 Å². The first-order chi connectivity index (χ1) is 9.53. The van der Waals surface area contributed by atoms with Crippen LogP contribution in [0.5, 0.6) is 0 Å². The van der Waals surface area contributed by atoms with Gasteiger partial charge in [0.25, 0.3) is 0 Å². The van der Waals surface area contributed by atoms with Gasteiger partial charge >= 0.3 is 0 Å². The number of hydrogen-bond acceptors (Lipinski definition) is 4. The predicted molar refractivity (Wildman–Crippen MR) is 88.1 cm³/mol. The van der Waals surface area contributed by atoms with Gasteiger partial charge in [-0.15, -0.1) is 0 Å². The molecule has 0 aromatic heterocycles. The quantitative estimate of drug-likeness (QED) is 0.688. The molecule has 1 rings (SSSR count). The van der Waals surface area contributed by atoms with Crippen LogP contribution in [0.15, 0.2) is 9.98 Å². The number of rotatable bonds is 6. The summed E-state index contributed by atoms with van der Waals surface area (Å²) in [4.78, 5) is 9.40. The van der Waals surface area contributed by atoms with Crippen molar-refractivity contribution < 1.29 is 9.47 Å². The summed E-state index contributed by atoms with van der Waals surface area (Å²) in [6.45, 7) is 6.51. The Morgan fingerprint density at radius 3 is 2.20 bits per heavy atom. The summed E-state index contributed by atoms with van der Waals surface area (Å²) in [5.41, 5.74) is 0. The molecule has 0 saturated carbocycles. The van der Waals surface area contributed by atoms with Gasteiger partial charge in [-0.2, -0.15) is 0 Å². The van der Waals surface area contributed by atoms with E-state index in [0.717, 1.165) is 30.0 Å². The van der Waals surface area contributed by atoms with Crippen molar-refractivity contribution in [3.8, 4) is 0 Å². The zero-order chi connectivity index (χ0) is 15.1. The third-order valence-electron chi connectivity index (χ3n) is 3.67. The Labute approximate surface area is 131 Å². The SMILES string of the molecule is COC1=N[C@H](C(C)C)C(OC)=N[C@H]1CCC(C)CCBr. The van der Waals surface area contributed by atoms with E-state index in [-0.39, 0.29) is 12.1 Å². The molecule has 20 heavy (non-hydrogen) atoms. The first kappa shape index (κ1) is 17.5. The molecule has 3 atom stereocenters. The van der Waals surface area contributed by atoms with Gasteiger partial charge in [-0.3, -0.25) is 0 Å². The van der Waals surface area contributed by atoms with Crippen LogP contribution >= 0.6 is 15.9 Å². The van der Waals surface area contributed by atoms with E-state index in [1.807, 2.05) is 0 Å². The van der Waals surface area contributed by atoms with Crippen LogP contribution < -0.4 is 0 Å². The van der Waals surface area contributed by atoms with E-state index in [0.29, 0.717) is 11.8 Å². The van der Waals surface area contributed by atoms with E-state index < -0.39 is 0 Å². The van der Waals surface area contributed by atoms with E-state index >= 15 is 0 Å². The van der Waals surface area contributed by atoms with E-state index in [2.05, 4.69) is 41.7 Å². The van der Waals surface area contributed by atoms with Crippen LogP contribution in [0, 0.1) is 11.8 Å². The van der Waals surface area contributed by atoms with Gasteiger partial charge in [-0.05, 0) is 31.1 Å². The summed E-state index contributed by atoms with van der Waals surface area (Å²) < 4.78 is 10.9. The summed E-state index contributed by atoms with van der Waals surface area (Å²) in [7, 11) is 3.35. The second kappa shape index (κ2) is 8.65. The zero-order valence-corrected chi connectivity index (χ0v) is 14.8. The maximum absolute atomic E-state index is 5.45. The van der Waals surface area contributed by atoms with Crippen molar-refractivity contribution in [1.82, 2.24) is 0 Å². The van der Waals surface area contributed by atoms with Gasteiger partial charge in [-0.25, -0.2) is 9.98 Å². The molecule has 0 radical (unpaired) electrons. The molecule has 1 heterocycles. The molecule has 0 fully saturated rings. The maximum atomic E-state index is 5.45. The Balaban J connectivity index is 2.74. The summed E-state index contributed by atoms with van der Waals surface area (Å²) in [6.07, 6.45) is 3.26. The minimum absolute atomic E-state index is 0.00252. The molecule has 116 valence electrons. The fourth-order valence-corrected chi connectivity index (χ4v) is 3.10. The van der Waals surface area contributed by atoms with Gasteiger partial charge in [0.2, 0.25) is 11.8 Å². The fourth-order valence-electron chi connectivity index (χ4n) is 2.32. The van der Waals surface area contributed by atoms with Gasteiger partial charge in [0.1, 0.15) is 12.1 Å². The zero-order valence-electron chi connectivity index (χ0n) is 13.2. The molecule has 0 bridgehead atoms. The van der Waals surface area contributed by atoms with Crippen molar-refractivity contribution in [1.29, 1.82) is 0 Å². The van der Waals surface area contributed by atoms with Crippen LogP contribution in [0.4, 0.5) is 0 Å². The first-order valence-electron chi connectivity index (χ1n) is 7.32. The van der Waals surface area contributed by atoms with Crippen molar-refractivity contribution >= 4 is 27.7 Å². The molecule has 0 amide bonds. The second-order valence-corrected chi connectivity index (χ2v) is 6.50. The van der Waals surface area contributed by atoms with Gasteiger partial charge in [0, 0.05) is 5.33 Å². The summed E-state index contributed by atoms with van der Waals surface area (Å²) in [5.74, 6) is 2.51. The number of nitrogens with zero attached hydrogens (tertiary/aromatic N) is 2. The highest BCUT2D eigenvalue weighted by Gasteiger charge is 2.30. The Bertz CT molecular complexity index is 356. The van der Waals surface area contributed by atoms with E-state index in [9.17, 15) is 0 Å². The minimum atomic E-state index is -0.0221. The molecule has 1 aliphatic rings. The highest BCUT2D eigenvalue weighted by atomic mass is 79.9. The van der Waals surface area contributed by atoms with Crippen LogP contribution in [0.3, 0.4) is 0 Å². The molecular formula is C15H27BrN2O2. The van der Waals surface area contributed by atoms with Crippen molar-refractivity contribution in [2.24, 2.45) is 21.8 Å². The summed E-state index contributed by atoms with van der Waals surface area (Å²) in [6, 6.07) is -0.0195. The van der Waals surface area contributed by atoms with Gasteiger partial charge in [-0.1, -0.05) is 36.7 Å². The van der Waals surface area contributed by atoms with Crippen LogP contribution in [-0.2, 0) is 9.47 Å². The molecule has 0 N–H and O–H groups in total. The third kappa shape index (κ3) is 4.76. The lowest BCUT2D eigenvalue weighted by molar-refractivity contribution is 0.326. The average Bonchev–Trinajstić information content (AvgIpc) is 2.44. The van der Waals surface area contributed by atoms with Crippen molar-refractivity contribution in [2.75, 3.05) is 19.5 Å². The van der Waals surface area contributed by atoms with Gasteiger partial charge in [0.05, 0.1) is 14.2 Å². The molecule has 0 spiro atoms. The number of aliphatic imine (C=N–C) groups is 2. The van der Waals surface area contributed by atoms with Crippen molar-refractivity contribution in [2.45, 2.75) is 52.1 Å². The summed E-state index contributed by atoms with van der Waals surface area (Å²) in [5, 5.41) is 1.05. The molecular weight excluding hydrogens is 320 g/mol. The third-order valence-corrected chi connectivity index (χ3v) is 4.13. The maximum Gasteiger partial charge on any atom is 0.209 e. The highest BCUT2D eigenvalue weighted by Crippen LogP contribution is 2.22. The number of ether oxygens (including phenoxy) is 2. The first-order valence-corrected chi connectivity index (χ1v) is 8.44. The molecule has 0 aromatic rings. The topological polar surface area (TPSA) is 43.2 Å². The molecule has 5 heteroatoms. The standard InChI is InChI=1S/C15H27BrN2O2/c1-10(2)13-15(20-5)17-12(14(18-13)19-4)7-6-11(3)8-9-16/h10-13H,6-9H2,1-5H3/t11?,12-,13+/m0/s1. The van der Waals surface area contributed by atoms with Crippen molar-refractivity contribution in [3.63, 3.8) is 0 Å². The molecule has 0 saturated heterocycles. The number of alkyl halides is 1. The smallest absolute Gasteiger partial charge is 0.209 e. The normalized spacial score (nSPS) is 24.1. The predicted octanol–water partition coefficient (Wildman–Crippen LogP) is 3.68. The van der Waals surface area contributed by atoms with Crippen LogP contribution in [-0.4, -0.2) is 43.4 Å². The largest absolute Gasteiger partial charge is 0.483 e. The van der Waals surface area contributed by atoms with Crippen LogP contribution in [0.1, 0.15) is 40.0 Å². The Hall–Kier alpha value is -0.580. The number of hydrogen-bond donors (Lipinski definition) is 0. The Kier molecular flexibility index (Phi) is 7.56. The Morgan fingerprint density at radius 2 is 1.70 bits per heavy atom. The lowest BCUT2D eigenvalue weighted by atomic mass is 9.97. The number of methoxy groups -OCH3 is 2.